The van der Waals surface area contributed by atoms with E-state index < -0.39 is 19.9 Å². The molecule has 0 amide bonds. The minimum absolute atomic E-state index is 0.0673. The summed E-state index contributed by atoms with van der Waals surface area (Å²) in [5, 5.41) is 19.0. The first kappa shape index (κ1) is 10.4. The Hall–Kier alpha value is -0.600. The van der Waals surface area contributed by atoms with Gasteiger partial charge in [0.05, 0.1) is 0 Å². The van der Waals surface area contributed by atoms with Crippen molar-refractivity contribution in [2.45, 2.75) is 12.5 Å². The number of hydrogen-bond acceptors (Lipinski definition) is 4. The molecule has 0 fully saturated rings. The number of aliphatic hydroxyl groups is 1. The van der Waals surface area contributed by atoms with Gasteiger partial charge in [0.15, 0.2) is 0 Å². The summed E-state index contributed by atoms with van der Waals surface area (Å²) in [4.78, 5) is 10.3. The predicted octanol–water partition coefficient (Wildman–Crippen LogP) is -0.380. The summed E-state index contributed by atoms with van der Waals surface area (Å²) < 4.78 is 9.80. The van der Waals surface area contributed by atoms with E-state index >= 15 is 0 Å². The molecule has 0 aliphatic rings. The van der Waals surface area contributed by atoms with Crippen LogP contribution < -0.4 is 5.32 Å². The number of carboxylic acids is 1. The quantitative estimate of drug-likeness (QED) is 0.402. The van der Waals surface area contributed by atoms with E-state index in [1.807, 2.05) is 0 Å². The molecular formula is C5H8NO4P. The van der Waals surface area contributed by atoms with Gasteiger partial charge in [-0.15, -0.1) is 0 Å². The molecule has 0 saturated carbocycles. The van der Waals surface area contributed by atoms with Crippen molar-refractivity contribution in [1.29, 1.82) is 0 Å². The molecule has 0 radical (unpaired) electrons. The van der Waals surface area contributed by atoms with Gasteiger partial charge >= 0.3 is 63.6 Å². The van der Waals surface area contributed by atoms with Crippen LogP contribution in [-0.2, 0) is 9.36 Å². The molecule has 0 aliphatic heterocycles. The van der Waals surface area contributed by atoms with E-state index in [0.29, 0.717) is 0 Å². The molecule has 5 nitrogen and oxygen atoms in total. The summed E-state index contributed by atoms with van der Waals surface area (Å²) in [6.45, 7) is -0.235. The van der Waals surface area contributed by atoms with E-state index in [9.17, 15) is 9.36 Å². The normalized spacial score (nSPS) is 11.7. The Labute approximate surface area is 64.5 Å². The topological polar surface area (TPSA) is 86.6 Å². The molecule has 0 rings (SSSR count). The van der Waals surface area contributed by atoms with Crippen molar-refractivity contribution in [2.24, 2.45) is 0 Å². The molecule has 6 heteroatoms. The number of hydrogen-bond donors (Lipinski definition) is 3. The molecule has 0 saturated heterocycles. The summed E-state index contributed by atoms with van der Waals surface area (Å²) >= 11 is 0. The third-order valence-electron chi connectivity index (χ3n) is 1.00. The van der Waals surface area contributed by atoms with Crippen molar-refractivity contribution in [3.05, 3.63) is 0 Å². The monoisotopic (exact) mass is 177 g/mol. The van der Waals surface area contributed by atoms with Crippen molar-refractivity contribution in [2.75, 3.05) is 6.61 Å². The molecule has 3 N–H and O–H groups in total. The van der Waals surface area contributed by atoms with E-state index in [0.717, 1.165) is 0 Å². The third-order valence-corrected chi connectivity index (χ3v) is 1.22. The second-order valence-corrected chi connectivity index (χ2v) is 2.16. The fourth-order valence-corrected chi connectivity index (χ4v) is 0.699. The van der Waals surface area contributed by atoms with Gasteiger partial charge in [0.25, 0.3) is 0 Å². The molecule has 0 heterocycles. The van der Waals surface area contributed by atoms with Crippen LogP contribution >= 0.6 is 7.92 Å². The fourth-order valence-electron chi connectivity index (χ4n) is 0.491. The van der Waals surface area contributed by atoms with Crippen LogP contribution in [0.25, 0.3) is 0 Å². The predicted molar refractivity (Wildman–Crippen MR) is 37.8 cm³/mol. The number of carbonyl (C=O) groups is 1. The Morgan fingerprint density at radius 3 is 2.73 bits per heavy atom. The van der Waals surface area contributed by atoms with Crippen molar-refractivity contribution >= 4 is 13.9 Å². The summed E-state index contributed by atoms with van der Waals surface area (Å²) in [5.41, 5.74) is 0. The van der Waals surface area contributed by atoms with Crippen molar-refractivity contribution in [3.8, 4) is 5.75 Å². The third kappa shape index (κ3) is 4.76. The number of carboxylic acid groups (broad SMARTS) is 1. The van der Waals surface area contributed by atoms with Gasteiger partial charge < -0.3 is 0 Å². The van der Waals surface area contributed by atoms with Gasteiger partial charge in [0.1, 0.15) is 0 Å². The molecular weight excluding hydrogens is 169 g/mol. The number of aliphatic carboxylic acids is 1. The maximum absolute atomic E-state index is 10.3. The zero-order valence-electron chi connectivity index (χ0n) is 5.65. The van der Waals surface area contributed by atoms with Gasteiger partial charge in [-0.2, -0.15) is 0 Å². The van der Waals surface area contributed by atoms with Crippen LogP contribution in [0.3, 0.4) is 0 Å². The van der Waals surface area contributed by atoms with Crippen LogP contribution in [0.15, 0.2) is 0 Å². The Morgan fingerprint density at radius 2 is 2.36 bits per heavy atom. The molecule has 62 valence electrons. The van der Waals surface area contributed by atoms with Crippen LogP contribution in [0.1, 0.15) is 6.42 Å². The molecule has 0 aromatic rings. The summed E-state index contributed by atoms with van der Waals surface area (Å²) in [6.07, 6.45) is 0.0673. The Kier molecular flexibility index (Phi) is 5.80. The first-order chi connectivity index (χ1) is 5.22. The first-order valence-corrected chi connectivity index (χ1v) is 3.70. The van der Waals surface area contributed by atoms with Crippen molar-refractivity contribution in [3.63, 3.8) is 0 Å². The average molecular weight is 177 g/mol. The van der Waals surface area contributed by atoms with E-state index in [-0.39, 0.29) is 13.0 Å². The maximum atomic E-state index is 10.3. The zero-order chi connectivity index (χ0) is 8.69. The van der Waals surface area contributed by atoms with Gasteiger partial charge in [0.2, 0.25) is 0 Å². The molecule has 1 atom stereocenters. The molecule has 0 spiro atoms. The Balaban J connectivity index is 3.95. The molecule has 0 bridgehead atoms. The first-order valence-electron chi connectivity index (χ1n) is 2.89. The van der Waals surface area contributed by atoms with E-state index in [1.165, 1.54) is 0 Å². The average Bonchev–Trinajstić information content (AvgIpc) is 1.97. The van der Waals surface area contributed by atoms with Crippen LogP contribution in [0.5, 0.6) is 0 Å². The number of aliphatic hydroxyl groups excluding tert-OH is 1. The summed E-state index contributed by atoms with van der Waals surface area (Å²) in [7, 11) is -0.396. The molecule has 0 unspecified atom stereocenters. The fraction of sp³-hybridized carbons (Fsp3) is 0.600. The summed E-state index contributed by atoms with van der Waals surface area (Å²) in [5.74, 6) is 0.988. The standard InChI is InChI=1S/C5H8NO4P/c7-2-1-4(5(8)9)6-3-11-10/h4,6-7H,1-2H2,(H,8,9)/t4-/m0/s1. The van der Waals surface area contributed by atoms with Gasteiger partial charge in [-0.25, -0.2) is 0 Å². The second kappa shape index (κ2) is 6.13. The van der Waals surface area contributed by atoms with Crippen LogP contribution in [0.2, 0.25) is 0 Å². The minimum atomic E-state index is -1.10. The molecule has 0 aromatic heterocycles. The number of nitrogens with one attached hydrogen (secondary N) is 1. The van der Waals surface area contributed by atoms with Gasteiger partial charge in [-0.05, 0) is 0 Å². The molecule has 0 aromatic carbocycles. The van der Waals surface area contributed by atoms with E-state index in [1.54, 1.807) is 0 Å². The molecule has 11 heavy (non-hydrogen) atoms. The summed E-state index contributed by atoms with van der Waals surface area (Å²) in [6, 6.07) is -0.915. The molecule has 0 aliphatic carbocycles. The Bertz CT molecular complexity index is 222. The van der Waals surface area contributed by atoms with E-state index in [2.05, 4.69) is 11.1 Å². The van der Waals surface area contributed by atoms with E-state index in [4.69, 9.17) is 10.2 Å². The van der Waals surface area contributed by atoms with Crippen molar-refractivity contribution < 1.29 is 19.6 Å². The van der Waals surface area contributed by atoms with Crippen molar-refractivity contribution in [1.82, 2.24) is 5.32 Å². The second-order valence-electron chi connectivity index (χ2n) is 1.75. The van der Waals surface area contributed by atoms with Gasteiger partial charge in [0, 0.05) is 0 Å². The zero-order valence-corrected chi connectivity index (χ0v) is 6.54. The SMILES string of the molecule is O=P#CN[C@@H](CCO)C(=O)O. The van der Waals surface area contributed by atoms with Crippen LogP contribution in [-0.4, -0.2) is 28.8 Å². The van der Waals surface area contributed by atoms with Crippen LogP contribution in [0.4, 0.5) is 0 Å². The van der Waals surface area contributed by atoms with Crippen LogP contribution in [0, 0.1) is 5.75 Å². The Morgan fingerprint density at radius 1 is 1.73 bits per heavy atom. The van der Waals surface area contributed by atoms with Gasteiger partial charge in [-0.3, -0.25) is 0 Å². The van der Waals surface area contributed by atoms with Gasteiger partial charge in [-0.1, -0.05) is 0 Å². The number of rotatable bonds is 4.